The largest absolute Gasteiger partial charge is 0.374 e. The highest BCUT2D eigenvalue weighted by atomic mass is 32.2. The molecule has 0 saturated carbocycles. The summed E-state index contributed by atoms with van der Waals surface area (Å²) in [6.45, 7) is 3.35. The Morgan fingerprint density at radius 1 is 1.65 bits per heavy atom. The number of hydrogen-bond acceptors (Lipinski definition) is 5. The third-order valence-electron chi connectivity index (χ3n) is 2.77. The van der Waals surface area contributed by atoms with E-state index in [1.807, 2.05) is 6.07 Å². The molecule has 2 atom stereocenters. The van der Waals surface area contributed by atoms with Gasteiger partial charge in [-0.3, -0.25) is 0 Å². The van der Waals surface area contributed by atoms with Crippen LogP contribution in [0.2, 0.25) is 0 Å². The highest BCUT2D eigenvalue weighted by molar-refractivity contribution is 7.90. The molecule has 0 aromatic rings. The van der Waals surface area contributed by atoms with Gasteiger partial charge in [0, 0.05) is 19.6 Å². The number of nitriles is 1. The monoisotopic (exact) mass is 261 g/mol. The Morgan fingerprint density at radius 2 is 2.35 bits per heavy atom. The topological polar surface area (TPSA) is 82.4 Å². The Morgan fingerprint density at radius 3 is 2.88 bits per heavy atom. The average Bonchev–Trinajstić information content (AvgIpc) is 2.31. The molecule has 2 unspecified atom stereocenters. The van der Waals surface area contributed by atoms with Crippen LogP contribution in [0.15, 0.2) is 0 Å². The number of morpholine rings is 1. The van der Waals surface area contributed by atoms with Crippen LogP contribution >= 0.6 is 0 Å². The molecule has 7 heteroatoms. The molecule has 0 aromatic heterocycles. The van der Waals surface area contributed by atoms with Crippen molar-refractivity contribution in [1.82, 2.24) is 9.62 Å². The van der Waals surface area contributed by atoms with Crippen molar-refractivity contribution in [2.45, 2.75) is 24.7 Å². The van der Waals surface area contributed by atoms with Crippen LogP contribution < -0.4 is 5.32 Å². The summed E-state index contributed by atoms with van der Waals surface area (Å²) in [7, 11) is -1.72. The number of sulfonamides is 1. The summed E-state index contributed by atoms with van der Waals surface area (Å²) >= 11 is 0. The van der Waals surface area contributed by atoms with E-state index in [9.17, 15) is 8.42 Å². The second kappa shape index (κ2) is 6.31. The zero-order valence-corrected chi connectivity index (χ0v) is 11.0. The fourth-order valence-electron chi connectivity index (χ4n) is 1.82. The van der Waals surface area contributed by atoms with E-state index in [0.29, 0.717) is 32.7 Å². The molecule has 0 amide bonds. The van der Waals surface area contributed by atoms with Crippen molar-refractivity contribution in [2.24, 2.45) is 0 Å². The summed E-state index contributed by atoms with van der Waals surface area (Å²) in [4.78, 5) is 0. The number of hydrogen-bond donors (Lipinski definition) is 1. The van der Waals surface area contributed by atoms with Crippen molar-refractivity contribution in [3.05, 3.63) is 0 Å². The van der Waals surface area contributed by atoms with Gasteiger partial charge in [-0.05, 0) is 13.5 Å². The van der Waals surface area contributed by atoms with Crippen LogP contribution in [0.4, 0.5) is 0 Å². The lowest BCUT2D eigenvalue weighted by Crippen LogP contribution is -2.50. The number of nitrogens with zero attached hydrogens (tertiary/aromatic N) is 2. The molecule has 0 radical (unpaired) electrons. The highest BCUT2D eigenvalue weighted by Crippen LogP contribution is 2.16. The molecule has 17 heavy (non-hydrogen) atoms. The third-order valence-corrected chi connectivity index (χ3v) is 4.98. The van der Waals surface area contributed by atoms with Gasteiger partial charge in [-0.1, -0.05) is 6.92 Å². The minimum absolute atomic E-state index is 0.139. The van der Waals surface area contributed by atoms with E-state index in [-0.39, 0.29) is 6.10 Å². The van der Waals surface area contributed by atoms with Crippen LogP contribution in [-0.4, -0.2) is 57.4 Å². The molecule has 1 saturated heterocycles. The minimum Gasteiger partial charge on any atom is -0.374 e. The molecule has 1 fully saturated rings. The first kappa shape index (κ1) is 14.4. The van der Waals surface area contributed by atoms with Gasteiger partial charge in [0.05, 0.1) is 18.8 Å². The summed E-state index contributed by atoms with van der Waals surface area (Å²) in [5.74, 6) is 0. The summed E-state index contributed by atoms with van der Waals surface area (Å²) in [6.07, 6.45) is 0.173. The van der Waals surface area contributed by atoms with E-state index in [1.54, 1.807) is 14.0 Å². The van der Waals surface area contributed by atoms with Crippen LogP contribution in [0.25, 0.3) is 0 Å². The number of ether oxygens (including phenoxy) is 1. The quantitative estimate of drug-likeness (QED) is 0.724. The lowest BCUT2D eigenvalue weighted by Gasteiger charge is -2.33. The second-order valence-corrected chi connectivity index (χ2v) is 6.09. The first-order chi connectivity index (χ1) is 8.06. The molecule has 1 rings (SSSR count). The van der Waals surface area contributed by atoms with E-state index in [4.69, 9.17) is 10.00 Å². The number of rotatable bonds is 5. The maximum Gasteiger partial charge on any atom is 0.230 e. The normalized spacial score (nSPS) is 24.2. The smallest absolute Gasteiger partial charge is 0.230 e. The predicted molar refractivity (Wildman–Crippen MR) is 63.9 cm³/mol. The van der Waals surface area contributed by atoms with Crippen LogP contribution in [0.1, 0.15) is 13.3 Å². The summed E-state index contributed by atoms with van der Waals surface area (Å²) in [6, 6.07) is 1.85. The second-order valence-electron chi connectivity index (χ2n) is 3.98. The van der Waals surface area contributed by atoms with Gasteiger partial charge in [-0.2, -0.15) is 9.57 Å². The van der Waals surface area contributed by atoms with Crippen molar-refractivity contribution in [1.29, 1.82) is 5.26 Å². The van der Waals surface area contributed by atoms with Crippen LogP contribution in [0.5, 0.6) is 0 Å². The lowest BCUT2D eigenvalue weighted by atomic mass is 10.3. The van der Waals surface area contributed by atoms with Crippen LogP contribution in [-0.2, 0) is 14.8 Å². The molecule has 1 N–H and O–H groups in total. The van der Waals surface area contributed by atoms with Crippen LogP contribution in [0.3, 0.4) is 0 Å². The molecule has 1 aliphatic rings. The van der Waals surface area contributed by atoms with Gasteiger partial charge in [0.2, 0.25) is 10.0 Å². The van der Waals surface area contributed by atoms with Crippen molar-refractivity contribution < 1.29 is 13.2 Å². The van der Waals surface area contributed by atoms with E-state index in [2.05, 4.69) is 5.32 Å². The maximum absolute atomic E-state index is 12.1. The van der Waals surface area contributed by atoms with E-state index in [0.717, 1.165) is 0 Å². The van der Waals surface area contributed by atoms with Crippen molar-refractivity contribution in [3.63, 3.8) is 0 Å². The van der Waals surface area contributed by atoms with Crippen molar-refractivity contribution >= 4 is 10.0 Å². The molecule has 0 bridgehead atoms. The fraction of sp³-hybridized carbons (Fsp3) is 0.900. The summed E-state index contributed by atoms with van der Waals surface area (Å²) < 4.78 is 31.1. The SMILES string of the molecule is CCC(C#N)S(=O)(=O)N1CCOC(CNC)C1. The maximum atomic E-state index is 12.1. The Hall–Kier alpha value is -0.680. The standard InChI is InChI=1S/C10H19N3O3S/c1-3-10(6-11)17(14,15)13-4-5-16-9(8-13)7-12-2/h9-10,12H,3-5,7-8H2,1-2H3. The number of nitrogens with one attached hydrogen (secondary N) is 1. The summed E-state index contributed by atoms with van der Waals surface area (Å²) in [5, 5.41) is 10.9. The number of likely N-dealkylation sites (N-methyl/N-ethyl adjacent to an activating group) is 1. The Balaban J connectivity index is 2.75. The molecule has 0 aliphatic carbocycles. The predicted octanol–water partition coefficient (Wildman–Crippen LogP) is -0.461. The zero-order valence-electron chi connectivity index (χ0n) is 10.2. The first-order valence-electron chi connectivity index (χ1n) is 5.71. The van der Waals surface area contributed by atoms with E-state index < -0.39 is 15.3 Å². The third kappa shape index (κ3) is 3.39. The molecule has 98 valence electrons. The molecule has 6 nitrogen and oxygen atoms in total. The summed E-state index contributed by atoms with van der Waals surface area (Å²) in [5.41, 5.74) is 0. The lowest BCUT2D eigenvalue weighted by molar-refractivity contribution is 0.000669. The molecule has 0 aromatic carbocycles. The van der Waals surface area contributed by atoms with Gasteiger partial charge in [-0.25, -0.2) is 8.42 Å². The molecule has 1 heterocycles. The zero-order chi connectivity index (χ0) is 12.9. The Kier molecular flexibility index (Phi) is 5.33. The van der Waals surface area contributed by atoms with Gasteiger partial charge in [0.1, 0.15) is 0 Å². The molecular weight excluding hydrogens is 242 g/mol. The molecule has 1 aliphatic heterocycles. The highest BCUT2D eigenvalue weighted by Gasteiger charge is 2.34. The Bertz CT molecular complexity index is 375. The van der Waals surface area contributed by atoms with Gasteiger partial charge in [0.25, 0.3) is 0 Å². The van der Waals surface area contributed by atoms with Crippen molar-refractivity contribution in [2.75, 3.05) is 33.3 Å². The molecular formula is C10H19N3O3S. The van der Waals surface area contributed by atoms with Gasteiger partial charge in [0.15, 0.2) is 5.25 Å². The van der Waals surface area contributed by atoms with Gasteiger partial charge in [-0.15, -0.1) is 0 Å². The first-order valence-corrected chi connectivity index (χ1v) is 7.21. The van der Waals surface area contributed by atoms with Gasteiger partial charge >= 0.3 is 0 Å². The van der Waals surface area contributed by atoms with Crippen LogP contribution in [0, 0.1) is 11.3 Å². The average molecular weight is 261 g/mol. The van der Waals surface area contributed by atoms with E-state index in [1.165, 1.54) is 4.31 Å². The fourth-order valence-corrected chi connectivity index (χ4v) is 3.44. The molecule has 0 spiro atoms. The minimum atomic E-state index is -3.51. The van der Waals surface area contributed by atoms with Crippen molar-refractivity contribution in [3.8, 4) is 6.07 Å². The van der Waals surface area contributed by atoms with E-state index >= 15 is 0 Å². The van der Waals surface area contributed by atoms with Gasteiger partial charge < -0.3 is 10.1 Å². The Labute approximate surface area is 103 Å².